The van der Waals surface area contributed by atoms with Gasteiger partial charge in [0.25, 0.3) is 0 Å². The standard InChI is InChI=1S/C19H17F9N4O3/c20-17(21,22)8-34-13-7-14(35-9-18(23,24)25)30-15(29-13)31-16(33)32(12-5-6-12)11-3-1-10(2-4-11)19(26,27)28/h1,3,7,12H,2,4-6,8-9H2,(H,29,30,31,33). The van der Waals surface area contributed by atoms with E-state index in [2.05, 4.69) is 24.8 Å². The van der Waals surface area contributed by atoms with E-state index in [4.69, 9.17) is 0 Å². The van der Waals surface area contributed by atoms with E-state index < -0.39 is 61.1 Å². The van der Waals surface area contributed by atoms with Crippen molar-refractivity contribution in [1.82, 2.24) is 14.9 Å². The number of halogens is 9. The molecule has 1 aromatic rings. The summed E-state index contributed by atoms with van der Waals surface area (Å²) >= 11 is 0. The van der Waals surface area contributed by atoms with E-state index in [1.807, 2.05) is 0 Å². The molecule has 0 saturated heterocycles. The summed E-state index contributed by atoms with van der Waals surface area (Å²) in [4.78, 5) is 21.1. The molecule has 1 fully saturated rings. The molecule has 0 aliphatic heterocycles. The van der Waals surface area contributed by atoms with Gasteiger partial charge in [0.1, 0.15) is 0 Å². The Morgan fingerprint density at radius 2 is 1.46 bits per heavy atom. The summed E-state index contributed by atoms with van der Waals surface area (Å²) < 4.78 is 122. The van der Waals surface area contributed by atoms with Crippen molar-refractivity contribution >= 4 is 12.0 Å². The number of anilines is 1. The first-order valence-electron chi connectivity index (χ1n) is 9.96. The van der Waals surface area contributed by atoms with Gasteiger partial charge in [-0.05, 0) is 31.8 Å². The summed E-state index contributed by atoms with van der Waals surface area (Å²) in [7, 11) is 0. The Hall–Kier alpha value is -3.20. The van der Waals surface area contributed by atoms with E-state index in [1.165, 1.54) is 0 Å². The Morgan fingerprint density at radius 1 is 0.914 bits per heavy atom. The number of aromatic nitrogens is 2. The van der Waals surface area contributed by atoms with E-state index in [0.717, 1.165) is 17.1 Å². The Bertz CT molecular complexity index is 963. The highest BCUT2D eigenvalue weighted by Crippen LogP contribution is 2.38. The number of alkyl halides is 9. The Balaban J connectivity index is 1.81. The summed E-state index contributed by atoms with van der Waals surface area (Å²) in [6.07, 6.45) is -11.6. The van der Waals surface area contributed by atoms with E-state index in [9.17, 15) is 44.3 Å². The summed E-state index contributed by atoms with van der Waals surface area (Å²) in [5.74, 6) is -2.37. The number of allylic oxidation sites excluding steroid dienone is 4. The average Bonchev–Trinajstić information content (AvgIpc) is 3.54. The predicted molar refractivity (Wildman–Crippen MR) is 100 cm³/mol. The van der Waals surface area contributed by atoms with Gasteiger partial charge < -0.3 is 9.47 Å². The zero-order chi connectivity index (χ0) is 26.0. The molecule has 0 spiro atoms. The molecule has 2 aliphatic rings. The molecule has 1 aromatic heterocycles. The number of hydrogen-bond donors (Lipinski definition) is 1. The van der Waals surface area contributed by atoms with Gasteiger partial charge in [-0.2, -0.15) is 49.5 Å². The minimum absolute atomic E-state index is 0.120. The molecule has 1 heterocycles. The monoisotopic (exact) mass is 520 g/mol. The van der Waals surface area contributed by atoms with Crippen molar-refractivity contribution < 1.29 is 53.8 Å². The lowest BCUT2D eigenvalue weighted by Gasteiger charge is -2.28. The van der Waals surface area contributed by atoms with Gasteiger partial charge in [0.15, 0.2) is 13.2 Å². The van der Waals surface area contributed by atoms with Gasteiger partial charge in [0.05, 0.1) is 6.07 Å². The minimum Gasteiger partial charge on any atom is -0.468 e. The Morgan fingerprint density at radius 3 is 1.86 bits per heavy atom. The minimum atomic E-state index is -4.79. The number of carbonyl (C=O) groups excluding carboxylic acids is 1. The maximum atomic E-state index is 12.9. The van der Waals surface area contributed by atoms with Crippen LogP contribution in [0, 0.1) is 0 Å². The van der Waals surface area contributed by atoms with Crippen LogP contribution < -0.4 is 14.8 Å². The van der Waals surface area contributed by atoms with Crippen molar-refractivity contribution in [3.8, 4) is 11.8 Å². The predicted octanol–water partition coefficient (Wildman–Crippen LogP) is 5.52. The SMILES string of the molecule is O=C(Nc1nc(OCC(F)(F)F)cc(OCC(F)(F)F)n1)N(C1=CC=C(C(F)(F)F)CC1)C1CC1. The van der Waals surface area contributed by atoms with Gasteiger partial charge in [-0.25, -0.2) is 4.79 Å². The topological polar surface area (TPSA) is 76.6 Å². The summed E-state index contributed by atoms with van der Waals surface area (Å²) in [6, 6.07) is -0.705. The highest BCUT2D eigenvalue weighted by Gasteiger charge is 2.39. The maximum absolute atomic E-state index is 12.9. The molecule has 0 bridgehead atoms. The second kappa shape index (κ2) is 9.81. The van der Waals surface area contributed by atoms with Crippen LogP contribution in [-0.2, 0) is 0 Å². The molecule has 0 radical (unpaired) electrons. The lowest BCUT2D eigenvalue weighted by Crippen LogP contribution is -2.37. The summed E-state index contributed by atoms with van der Waals surface area (Å²) in [6.45, 7) is -3.66. The molecule has 2 amide bonds. The van der Waals surface area contributed by atoms with E-state index in [0.29, 0.717) is 18.9 Å². The second-order valence-electron chi connectivity index (χ2n) is 7.55. The third-order valence-corrected chi connectivity index (χ3v) is 4.60. The second-order valence-corrected chi connectivity index (χ2v) is 7.55. The van der Waals surface area contributed by atoms with Gasteiger partial charge in [0.2, 0.25) is 17.7 Å². The fourth-order valence-corrected chi connectivity index (χ4v) is 3.00. The number of rotatable bonds is 7. The van der Waals surface area contributed by atoms with Crippen LogP contribution in [0.25, 0.3) is 0 Å². The fraction of sp³-hybridized carbons (Fsp3) is 0.526. The highest BCUT2D eigenvalue weighted by molar-refractivity contribution is 5.89. The van der Waals surface area contributed by atoms with Crippen LogP contribution in [-0.4, -0.2) is 58.7 Å². The zero-order valence-corrected chi connectivity index (χ0v) is 17.5. The molecular formula is C19H17F9N4O3. The Kier molecular flexibility index (Phi) is 7.40. The Labute approximate surface area is 191 Å². The van der Waals surface area contributed by atoms with Gasteiger partial charge in [-0.3, -0.25) is 10.2 Å². The van der Waals surface area contributed by atoms with E-state index in [1.54, 1.807) is 0 Å². The molecule has 0 atom stereocenters. The number of ether oxygens (including phenoxy) is 2. The number of nitrogens with one attached hydrogen (secondary N) is 1. The quantitative estimate of drug-likeness (QED) is 0.480. The molecule has 0 aromatic carbocycles. The van der Waals surface area contributed by atoms with Crippen LogP contribution in [0.2, 0.25) is 0 Å². The van der Waals surface area contributed by atoms with Crippen LogP contribution in [0.5, 0.6) is 11.8 Å². The van der Waals surface area contributed by atoms with Crippen LogP contribution >= 0.6 is 0 Å². The fourth-order valence-electron chi connectivity index (χ4n) is 3.00. The molecule has 1 N–H and O–H groups in total. The molecule has 2 aliphatic carbocycles. The van der Waals surface area contributed by atoms with Crippen molar-refractivity contribution in [3.05, 3.63) is 29.5 Å². The zero-order valence-electron chi connectivity index (χ0n) is 17.5. The number of urea groups is 1. The number of carbonyl (C=O) groups is 1. The van der Waals surface area contributed by atoms with E-state index in [-0.39, 0.29) is 24.6 Å². The number of amides is 2. The lowest BCUT2D eigenvalue weighted by molar-refractivity contribution is -0.154. The van der Waals surface area contributed by atoms with Gasteiger partial charge in [-0.15, -0.1) is 0 Å². The first kappa shape index (κ1) is 26.4. The smallest absolute Gasteiger partial charge is 0.422 e. The average molecular weight is 520 g/mol. The molecule has 16 heteroatoms. The van der Waals surface area contributed by atoms with Crippen molar-refractivity contribution in [2.45, 2.75) is 50.3 Å². The van der Waals surface area contributed by atoms with Crippen molar-refractivity contribution in [1.29, 1.82) is 0 Å². The molecule has 3 rings (SSSR count). The summed E-state index contributed by atoms with van der Waals surface area (Å²) in [5, 5.41) is 2.14. The van der Waals surface area contributed by atoms with Crippen LogP contribution in [0.1, 0.15) is 25.7 Å². The molecular weight excluding hydrogens is 503 g/mol. The highest BCUT2D eigenvalue weighted by atomic mass is 19.4. The maximum Gasteiger partial charge on any atom is 0.422 e. The number of hydrogen-bond acceptors (Lipinski definition) is 5. The van der Waals surface area contributed by atoms with Gasteiger partial charge >= 0.3 is 24.6 Å². The van der Waals surface area contributed by atoms with Crippen LogP contribution in [0.4, 0.5) is 50.3 Å². The largest absolute Gasteiger partial charge is 0.468 e. The molecule has 0 unspecified atom stereocenters. The van der Waals surface area contributed by atoms with Gasteiger partial charge in [0, 0.05) is 17.3 Å². The number of nitrogens with zero attached hydrogens (tertiary/aromatic N) is 3. The van der Waals surface area contributed by atoms with Crippen LogP contribution in [0.3, 0.4) is 0 Å². The van der Waals surface area contributed by atoms with Crippen molar-refractivity contribution in [2.24, 2.45) is 0 Å². The van der Waals surface area contributed by atoms with Gasteiger partial charge in [-0.1, -0.05) is 6.08 Å². The van der Waals surface area contributed by atoms with Crippen molar-refractivity contribution in [2.75, 3.05) is 18.5 Å². The normalized spacial score (nSPS) is 16.8. The first-order chi connectivity index (χ1) is 16.1. The molecule has 194 valence electrons. The molecule has 35 heavy (non-hydrogen) atoms. The van der Waals surface area contributed by atoms with E-state index >= 15 is 0 Å². The lowest BCUT2D eigenvalue weighted by atomic mass is 10.0. The summed E-state index contributed by atoms with van der Waals surface area (Å²) in [5.41, 5.74) is -0.530. The third kappa shape index (κ3) is 8.20. The molecule has 1 saturated carbocycles. The van der Waals surface area contributed by atoms with Crippen molar-refractivity contribution in [3.63, 3.8) is 0 Å². The van der Waals surface area contributed by atoms with Crippen LogP contribution in [0.15, 0.2) is 29.5 Å². The molecule has 7 nitrogen and oxygen atoms in total. The first-order valence-corrected chi connectivity index (χ1v) is 9.96. The third-order valence-electron chi connectivity index (χ3n) is 4.60.